The molecule has 3 heteroatoms. The number of aliphatic imine (C=N–C) groups is 2. The third-order valence-electron chi connectivity index (χ3n) is 8.26. The molecule has 3 aromatic carbocycles. The predicted molar refractivity (Wildman–Crippen MR) is 175 cm³/mol. The van der Waals surface area contributed by atoms with E-state index < -0.39 is 0 Å². The lowest BCUT2D eigenvalue weighted by Gasteiger charge is -2.20. The van der Waals surface area contributed by atoms with Crippen LogP contribution in [-0.2, 0) is 0 Å². The molecule has 7 rings (SSSR count). The molecule has 0 N–H and O–H groups in total. The highest BCUT2D eigenvalue weighted by Gasteiger charge is 2.19. The highest BCUT2D eigenvalue weighted by Crippen LogP contribution is 2.35. The van der Waals surface area contributed by atoms with Crippen molar-refractivity contribution in [1.82, 2.24) is 4.98 Å². The molecule has 0 saturated heterocycles. The lowest BCUT2D eigenvalue weighted by atomic mass is 9.89. The van der Waals surface area contributed by atoms with E-state index in [0.717, 1.165) is 47.6 Å². The second-order valence-corrected chi connectivity index (χ2v) is 11.1. The first-order valence-corrected chi connectivity index (χ1v) is 14.8. The highest BCUT2D eigenvalue weighted by molar-refractivity contribution is 6.10. The first kappa shape index (κ1) is 26.0. The molecule has 0 amide bonds. The van der Waals surface area contributed by atoms with Crippen molar-refractivity contribution in [2.24, 2.45) is 9.98 Å². The van der Waals surface area contributed by atoms with Crippen LogP contribution in [0.1, 0.15) is 53.1 Å². The third-order valence-corrected chi connectivity index (χ3v) is 8.26. The SMILES string of the molecule is C1=CCC(c2cc(-c3cc(C4=NCC(c5ccccc5)C=C4)cc(C4CC=CC=N4)c3)cc(-c3ccccc3)n2)C=C1. The number of hydrogen-bond acceptors (Lipinski definition) is 3. The summed E-state index contributed by atoms with van der Waals surface area (Å²) < 4.78 is 0. The molecule has 0 fully saturated rings. The maximum Gasteiger partial charge on any atom is 0.0783 e. The third kappa shape index (κ3) is 5.64. The summed E-state index contributed by atoms with van der Waals surface area (Å²) in [5, 5.41) is 0. The quantitative estimate of drug-likeness (QED) is 0.239. The summed E-state index contributed by atoms with van der Waals surface area (Å²) in [5.74, 6) is 0.563. The first-order chi connectivity index (χ1) is 20.8. The van der Waals surface area contributed by atoms with Crippen LogP contribution in [0, 0.1) is 0 Å². The molecule has 3 nitrogen and oxygen atoms in total. The van der Waals surface area contributed by atoms with Gasteiger partial charge in [0.1, 0.15) is 0 Å². The predicted octanol–water partition coefficient (Wildman–Crippen LogP) is 9.23. The Kier molecular flexibility index (Phi) is 7.39. The van der Waals surface area contributed by atoms with Crippen LogP contribution >= 0.6 is 0 Å². The summed E-state index contributed by atoms with van der Waals surface area (Å²) in [5.41, 5.74) is 10.2. The maximum atomic E-state index is 5.16. The van der Waals surface area contributed by atoms with Gasteiger partial charge in [-0.05, 0) is 77.6 Å². The van der Waals surface area contributed by atoms with E-state index in [9.17, 15) is 0 Å². The zero-order valence-electron chi connectivity index (χ0n) is 23.6. The van der Waals surface area contributed by atoms with E-state index in [0.29, 0.717) is 5.92 Å². The minimum Gasteiger partial charge on any atom is -0.285 e. The van der Waals surface area contributed by atoms with Gasteiger partial charge in [-0.1, -0.05) is 97.1 Å². The topological polar surface area (TPSA) is 37.6 Å². The van der Waals surface area contributed by atoms with Gasteiger partial charge in [-0.3, -0.25) is 15.0 Å². The lowest BCUT2D eigenvalue weighted by Crippen LogP contribution is -2.11. The van der Waals surface area contributed by atoms with Crippen molar-refractivity contribution in [1.29, 1.82) is 0 Å². The van der Waals surface area contributed by atoms with Crippen LogP contribution in [0.25, 0.3) is 22.4 Å². The van der Waals surface area contributed by atoms with Crippen LogP contribution in [0.15, 0.2) is 150 Å². The molecule has 0 bridgehead atoms. The molecule has 3 aliphatic rings. The van der Waals surface area contributed by atoms with Gasteiger partial charge in [0, 0.05) is 41.4 Å². The van der Waals surface area contributed by atoms with E-state index >= 15 is 0 Å². The fourth-order valence-electron chi connectivity index (χ4n) is 5.95. The van der Waals surface area contributed by atoms with Gasteiger partial charge in [0.2, 0.25) is 0 Å². The second-order valence-electron chi connectivity index (χ2n) is 11.1. The average molecular weight is 544 g/mol. The van der Waals surface area contributed by atoms with Gasteiger partial charge in [-0.25, -0.2) is 0 Å². The summed E-state index contributed by atoms with van der Waals surface area (Å²) in [7, 11) is 0. The van der Waals surface area contributed by atoms with Crippen LogP contribution in [0.4, 0.5) is 0 Å². The van der Waals surface area contributed by atoms with Crippen LogP contribution in [-0.4, -0.2) is 23.5 Å². The molecule has 0 spiro atoms. The maximum absolute atomic E-state index is 5.16. The summed E-state index contributed by atoms with van der Waals surface area (Å²) >= 11 is 0. The van der Waals surface area contributed by atoms with Gasteiger partial charge in [0.25, 0.3) is 0 Å². The molecule has 1 aliphatic carbocycles. The van der Waals surface area contributed by atoms with E-state index in [1.54, 1.807) is 0 Å². The highest BCUT2D eigenvalue weighted by atomic mass is 14.8. The number of aromatic nitrogens is 1. The van der Waals surface area contributed by atoms with Gasteiger partial charge in [0.15, 0.2) is 0 Å². The van der Waals surface area contributed by atoms with E-state index in [1.807, 2.05) is 12.3 Å². The molecule has 0 saturated carbocycles. The van der Waals surface area contributed by atoms with Gasteiger partial charge in [-0.2, -0.15) is 0 Å². The van der Waals surface area contributed by atoms with Crippen LogP contribution < -0.4 is 0 Å². The van der Waals surface area contributed by atoms with Gasteiger partial charge in [0.05, 0.1) is 17.4 Å². The minimum atomic E-state index is 0.0975. The Hall–Kier alpha value is -4.89. The summed E-state index contributed by atoms with van der Waals surface area (Å²) in [4.78, 5) is 15.1. The summed E-state index contributed by atoms with van der Waals surface area (Å²) in [6, 6.07) is 32.6. The number of benzene rings is 3. The monoisotopic (exact) mass is 543 g/mol. The molecule has 1 aromatic heterocycles. The Morgan fingerprint density at radius 2 is 1.38 bits per heavy atom. The zero-order chi connectivity index (χ0) is 28.1. The Morgan fingerprint density at radius 3 is 2.12 bits per heavy atom. The number of allylic oxidation sites excluding steroid dienone is 6. The van der Waals surface area contributed by atoms with E-state index in [-0.39, 0.29) is 12.0 Å². The van der Waals surface area contributed by atoms with Crippen molar-refractivity contribution in [3.63, 3.8) is 0 Å². The number of nitrogens with zero attached hydrogens (tertiary/aromatic N) is 3. The number of pyridine rings is 1. The Bertz CT molecular complexity index is 1760. The average Bonchev–Trinajstić information content (AvgIpc) is 3.09. The fraction of sp³-hybridized carbons (Fsp3) is 0.154. The number of dihydropyridines is 2. The second kappa shape index (κ2) is 11.9. The van der Waals surface area contributed by atoms with E-state index in [4.69, 9.17) is 15.0 Å². The molecule has 3 heterocycles. The van der Waals surface area contributed by atoms with Crippen molar-refractivity contribution in [2.45, 2.75) is 30.7 Å². The smallest absolute Gasteiger partial charge is 0.0783 e. The van der Waals surface area contributed by atoms with E-state index in [1.165, 1.54) is 22.3 Å². The molecule has 2 aliphatic heterocycles. The van der Waals surface area contributed by atoms with Crippen LogP contribution in [0.5, 0.6) is 0 Å². The largest absolute Gasteiger partial charge is 0.285 e. The zero-order valence-corrected chi connectivity index (χ0v) is 23.6. The van der Waals surface area contributed by atoms with Gasteiger partial charge < -0.3 is 0 Å². The lowest BCUT2D eigenvalue weighted by molar-refractivity contribution is 0.741. The fourth-order valence-corrected chi connectivity index (χ4v) is 5.95. The molecule has 3 atom stereocenters. The van der Waals surface area contributed by atoms with Crippen molar-refractivity contribution in [3.05, 3.63) is 162 Å². The number of hydrogen-bond donors (Lipinski definition) is 0. The molecule has 0 radical (unpaired) electrons. The van der Waals surface area contributed by atoms with E-state index in [2.05, 4.69) is 134 Å². The standard InChI is InChI=1S/C39H33N3/c1-4-12-28(13-5-1)31-19-20-37(41-27-31)35-23-32(22-34(24-35)36-18-10-11-21-40-36)33-25-38(29-14-6-2-7-15-29)42-39(26-33)30-16-8-3-9-17-30/h1-16,19-26,30-31,36H,17-18,27H2. The summed E-state index contributed by atoms with van der Waals surface area (Å²) in [6.07, 6.45) is 21.2. The van der Waals surface area contributed by atoms with Crippen molar-refractivity contribution >= 4 is 11.9 Å². The van der Waals surface area contributed by atoms with Gasteiger partial charge >= 0.3 is 0 Å². The van der Waals surface area contributed by atoms with Gasteiger partial charge in [-0.15, -0.1) is 0 Å². The first-order valence-electron chi connectivity index (χ1n) is 14.8. The molecule has 204 valence electrons. The molecular formula is C39H33N3. The Morgan fingerprint density at radius 1 is 0.595 bits per heavy atom. The van der Waals surface area contributed by atoms with Crippen molar-refractivity contribution < 1.29 is 0 Å². The number of rotatable bonds is 6. The molecule has 4 aromatic rings. The summed E-state index contributed by atoms with van der Waals surface area (Å²) in [6.45, 7) is 0.749. The van der Waals surface area contributed by atoms with Crippen molar-refractivity contribution in [2.75, 3.05) is 6.54 Å². The Balaban J connectivity index is 1.32. The molecule has 3 unspecified atom stereocenters. The minimum absolute atomic E-state index is 0.0975. The normalized spacial score (nSPS) is 21.0. The molecular weight excluding hydrogens is 510 g/mol. The van der Waals surface area contributed by atoms with Crippen LogP contribution in [0.2, 0.25) is 0 Å². The van der Waals surface area contributed by atoms with Crippen molar-refractivity contribution in [3.8, 4) is 22.4 Å². The Labute approximate surface area is 248 Å². The molecule has 42 heavy (non-hydrogen) atoms. The van der Waals surface area contributed by atoms with Crippen LogP contribution in [0.3, 0.4) is 0 Å².